The molecular weight excluding hydrogens is 335 g/mol. The zero-order valence-corrected chi connectivity index (χ0v) is 14.5. The molecular formula is C17H16Cl2N2O2. The predicted octanol–water partition coefficient (Wildman–Crippen LogP) is 4.38. The number of hydrogen-bond donors (Lipinski definition) is 1. The van der Waals surface area contributed by atoms with Crippen molar-refractivity contribution in [3.8, 4) is 5.75 Å². The fourth-order valence-electron chi connectivity index (χ4n) is 2.07. The number of nitrogens with zero attached hydrogens (tertiary/aromatic N) is 1. The number of carbonyl (C=O) groups is 1. The Balaban J connectivity index is 2.13. The first-order valence-electron chi connectivity index (χ1n) is 6.86. The molecule has 1 N–H and O–H groups in total. The van der Waals surface area contributed by atoms with E-state index in [1.54, 1.807) is 25.5 Å². The van der Waals surface area contributed by atoms with Crippen LogP contribution in [0.5, 0.6) is 5.75 Å². The second-order valence-electron chi connectivity index (χ2n) is 4.93. The molecule has 0 aliphatic rings. The SMILES string of the molecule is COc1ccc(C=NNC(=O)c2ccc(Cl)cc2Cl)c(C)c1C. The van der Waals surface area contributed by atoms with Crippen molar-refractivity contribution >= 4 is 35.3 Å². The van der Waals surface area contributed by atoms with Gasteiger partial charge in [-0.25, -0.2) is 5.43 Å². The van der Waals surface area contributed by atoms with E-state index in [4.69, 9.17) is 27.9 Å². The molecule has 0 aliphatic heterocycles. The summed E-state index contributed by atoms with van der Waals surface area (Å²) in [6.45, 7) is 3.94. The van der Waals surface area contributed by atoms with Crippen LogP contribution in [0.2, 0.25) is 10.0 Å². The fourth-order valence-corrected chi connectivity index (χ4v) is 2.57. The van der Waals surface area contributed by atoms with Gasteiger partial charge in [-0.1, -0.05) is 23.2 Å². The van der Waals surface area contributed by atoms with E-state index in [1.807, 2.05) is 26.0 Å². The smallest absolute Gasteiger partial charge is 0.272 e. The van der Waals surface area contributed by atoms with Gasteiger partial charge in [-0.3, -0.25) is 4.79 Å². The van der Waals surface area contributed by atoms with Gasteiger partial charge in [0.2, 0.25) is 0 Å². The highest BCUT2D eigenvalue weighted by Crippen LogP contribution is 2.23. The summed E-state index contributed by atoms with van der Waals surface area (Å²) in [5.41, 5.74) is 5.73. The van der Waals surface area contributed by atoms with Crippen LogP contribution in [0.3, 0.4) is 0 Å². The number of nitrogens with one attached hydrogen (secondary N) is 1. The van der Waals surface area contributed by atoms with Crippen LogP contribution in [0.4, 0.5) is 0 Å². The molecule has 4 nitrogen and oxygen atoms in total. The lowest BCUT2D eigenvalue weighted by Crippen LogP contribution is -2.18. The monoisotopic (exact) mass is 350 g/mol. The largest absolute Gasteiger partial charge is 0.496 e. The zero-order chi connectivity index (χ0) is 17.0. The van der Waals surface area contributed by atoms with Gasteiger partial charge in [0.05, 0.1) is 23.9 Å². The van der Waals surface area contributed by atoms with Crippen LogP contribution in [0.15, 0.2) is 35.4 Å². The molecule has 6 heteroatoms. The minimum atomic E-state index is -0.397. The molecule has 2 aromatic rings. The van der Waals surface area contributed by atoms with Gasteiger partial charge in [-0.05, 0) is 60.9 Å². The first-order valence-corrected chi connectivity index (χ1v) is 7.62. The minimum Gasteiger partial charge on any atom is -0.496 e. The third-order valence-corrected chi connectivity index (χ3v) is 4.09. The number of halogens is 2. The summed E-state index contributed by atoms with van der Waals surface area (Å²) in [6.07, 6.45) is 1.59. The Morgan fingerprint density at radius 1 is 1.17 bits per heavy atom. The van der Waals surface area contributed by atoms with Crippen molar-refractivity contribution in [3.05, 3.63) is 62.6 Å². The second kappa shape index (κ2) is 7.49. The molecule has 0 radical (unpaired) electrons. The number of rotatable bonds is 4. The van der Waals surface area contributed by atoms with Gasteiger partial charge in [0.25, 0.3) is 5.91 Å². The van der Waals surface area contributed by atoms with Crippen LogP contribution in [-0.4, -0.2) is 19.2 Å². The molecule has 0 atom stereocenters. The maximum atomic E-state index is 12.0. The van der Waals surface area contributed by atoms with Crippen molar-refractivity contribution < 1.29 is 9.53 Å². The Bertz CT molecular complexity index is 773. The first-order chi connectivity index (χ1) is 10.9. The van der Waals surface area contributed by atoms with E-state index in [1.165, 1.54) is 6.07 Å². The molecule has 0 aromatic heterocycles. The molecule has 0 aliphatic carbocycles. The third kappa shape index (κ3) is 4.03. The van der Waals surface area contributed by atoms with Crippen LogP contribution in [0.25, 0.3) is 0 Å². The number of ether oxygens (including phenoxy) is 1. The van der Waals surface area contributed by atoms with Gasteiger partial charge in [0.15, 0.2) is 0 Å². The normalized spacial score (nSPS) is 10.8. The highest BCUT2D eigenvalue weighted by atomic mass is 35.5. The average molecular weight is 351 g/mol. The van der Waals surface area contributed by atoms with Crippen LogP contribution in [0, 0.1) is 13.8 Å². The summed E-state index contributed by atoms with van der Waals surface area (Å²) >= 11 is 11.8. The maximum Gasteiger partial charge on any atom is 0.272 e. The van der Waals surface area contributed by atoms with E-state index in [9.17, 15) is 4.79 Å². The molecule has 120 valence electrons. The number of hydrogen-bond acceptors (Lipinski definition) is 3. The van der Waals surface area contributed by atoms with E-state index in [0.29, 0.717) is 10.6 Å². The Morgan fingerprint density at radius 3 is 2.57 bits per heavy atom. The van der Waals surface area contributed by atoms with Crippen molar-refractivity contribution in [2.75, 3.05) is 7.11 Å². The first kappa shape index (κ1) is 17.3. The molecule has 0 spiro atoms. The summed E-state index contributed by atoms with van der Waals surface area (Å²) < 4.78 is 5.26. The van der Waals surface area contributed by atoms with E-state index in [-0.39, 0.29) is 5.02 Å². The summed E-state index contributed by atoms with van der Waals surface area (Å²) in [5.74, 6) is 0.419. The molecule has 2 rings (SSSR count). The number of methoxy groups -OCH3 is 1. The number of amides is 1. The summed E-state index contributed by atoms with van der Waals surface area (Å²) in [7, 11) is 1.63. The lowest BCUT2D eigenvalue weighted by Gasteiger charge is -2.09. The Labute approximate surface area is 145 Å². The van der Waals surface area contributed by atoms with Gasteiger partial charge in [-0.15, -0.1) is 0 Å². The summed E-state index contributed by atoms with van der Waals surface area (Å²) in [4.78, 5) is 12.0. The summed E-state index contributed by atoms with van der Waals surface area (Å²) in [5, 5.41) is 4.73. The molecule has 0 unspecified atom stereocenters. The topological polar surface area (TPSA) is 50.7 Å². The lowest BCUT2D eigenvalue weighted by molar-refractivity contribution is 0.0955. The number of benzene rings is 2. The van der Waals surface area contributed by atoms with Crippen LogP contribution < -0.4 is 10.2 Å². The molecule has 1 amide bonds. The van der Waals surface area contributed by atoms with Crippen LogP contribution in [0.1, 0.15) is 27.0 Å². The maximum absolute atomic E-state index is 12.0. The average Bonchev–Trinajstić information content (AvgIpc) is 2.51. The minimum absolute atomic E-state index is 0.279. The van der Waals surface area contributed by atoms with Crippen molar-refractivity contribution in [2.24, 2.45) is 5.10 Å². The number of hydrazone groups is 1. The Kier molecular flexibility index (Phi) is 5.64. The van der Waals surface area contributed by atoms with Crippen molar-refractivity contribution in [3.63, 3.8) is 0 Å². The molecule has 0 heterocycles. The second-order valence-corrected chi connectivity index (χ2v) is 5.77. The van der Waals surface area contributed by atoms with Gasteiger partial charge in [0.1, 0.15) is 5.75 Å². The molecule has 23 heavy (non-hydrogen) atoms. The van der Waals surface area contributed by atoms with E-state index < -0.39 is 5.91 Å². The third-order valence-electron chi connectivity index (χ3n) is 3.54. The molecule has 0 saturated carbocycles. The van der Waals surface area contributed by atoms with Crippen molar-refractivity contribution in [2.45, 2.75) is 13.8 Å². The quantitative estimate of drug-likeness (QED) is 0.656. The van der Waals surface area contributed by atoms with E-state index in [2.05, 4.69) is 10.5 Å². The fraction of sp³-hybridized carbons (Fsp3) is 0.176. The molecule has 0 saturated heterocycles. The van der Waals surface area contributed by atoms with Crippen molar-refractivity contribution in [1.29, 1.82) is 0 Å². The lowest BCUT2D eigenvalue weighted by atomic mass is 10.0. The van der Waals surface area contributed by atoms with E-state index in [0.717, 1.165) is 22.4 Å². The van der Waals surface area contributed by atoms with Gasteiger partial charge >= 0.3 is 0 Å². The number of carbonyl (C=O) groups excluding carboxylic acids is 1. The highest BCUT2D eigenvalue weighted by molar-refractivity contribution is 6.36. The van der Waals surface area contributed by atoms with E-state index >= 15 is 0 Å². The van der Waals surface area contributed by atoms with Gasteiger partial charge < -0.3 is 4.74 Å². The van der Waals surface area contributed by atoms with Crippen LogP contribution in [-0.2, 0) is 0 Å². The van der Waals surface area contributed by atoms with Gasteiger partial charge in [-0.2, -0.15) is 5.10 Å². The zero-order valence-electron chi connectivity index (χ0n) is 13.0. The Hall–Kier alpha value is -2.04. The highest BCUT2D eigenvalue weighted by Gasteiger charge is 2.10. The Morgan fingerprint density at radius 2 is 1.91 bits per heavy atom. The predicted molar refractivity (Wildman–Crippen MR) is 94.0 cm³/mol. The van der Waals surface area contributed by atoms with Gasteiger partial charge in [0, 0.05) is 5.02 Å². The molecule has 2 aromatic carbocycles. The standard InChI is InChI=1S/C17H16Cl2N2O2/c1-10-11(2)16(23-3)7-4-12(10)9-20-21-17(22)14-6-5-13(18)8-15(14)19/h4-9H,1-3H3,(H,21,22). The van der Waals surface area contributed by atoms with Crippen LogP contribution >= 0.6 is 23.2 Å². The van der Waals surface area contributed by atoms with Crippen molar-refractivity contribution in [1.82, 2.24) is 5.43 Å². The molecule has 0 fully saturated rings. The summed E-state index contributed by atoms with van der Waals surface area (Å²) in [6, 6.07) is 8.41. The molecule has 0 bridgehead atoms.